The third kappa shape index (κ3) is 3.68. The maximum Gasteiger partial charge on any atom is 0.336 e. The monoisotopic (exact) mass is 376 g/mol. The van der Waals surface area contributed by atoms with E-state index in [-0.39, 0.29) is 34.8 Å². The van der Waals surface area contributed by atoms with Crippen molar-refractivity contribution in [1.82, 2.24) is 5.06 Å². The van der Waals surface area contributed by atoms with Crippen LogP contribution in [0.15, 0.2) is 46.8 Å². The molecule has 0 radical (unpaired) electrons. The van der Waals surface area contributed by atoms with Gasteiger partial charge in [0.1, 0.15) is 0 Å². The van der Waals surface area contributed by atoms with Crippen LogP contribution in [0.2, 0.25) is 0 Å². The number of nitro benzene ring substituents is 1. The fraction of sp³-hybridized carbons (Fsp3) is 0.333. The van der Waals surface area contributed by atoms with Gasteiger partial charge in [-0.3, -0.25) is 15.3 Å². The maximum atomic E-state index is 12.6. The van der Waals surface area contributed by atoms with E-state index in [1.165, 1.54) is 39.2 Å². The van der Waals surface area contributed by atoms with Crippen molar-refractivity contribution in [2.75, 3.05) is 13.7 Å². The van der Waals surface area contributed by atoms with Gasteiger partial charge in [-0.2, -0.15) is 0 Å². The van der Waals surface area contributed by atoms with Gasteiger partial charge in [0.15, 0.2) is 0 Å². The summed E-state index contributed by atoms with van der Waals surface area (Å²) in [6.07, 6.45) is 0. The number of methoxy groups -OCH3 is 1. The van der Waals surface area contributed by atoms with E-state index in [0.717, 1.165) is 0 Å². The smallest absolute Gasteiger partial charge is 0.336 e. The van der Waals surface area contributed by atoms with Crippen LogP contribution in [0.3, 0.4) is 0 Å². The first kappa shape index (κ1) is 20.1. The molecule has 1 aliphatic rings. The fourth-order valence-corrected chi connectivity index (χ4v) is 3.04. The Balaban J connectivity index is 2.77. The van der Waals surface area contributed by atoms with Gasteiger partial charge >= 0.3 is 11.9 Å². The van der Waals surface area contributed by atoms with E-state index in [1.807, 2.05) is 0 Å². The zero-order valence-corrected chi connectivity index (χ0v) is 15.4. The number of nitrogens with zero attached hydrogens (tertiary/aromatic N) is 2. The van der Waals surface area contributed by atoms with Gasteiger partial charge in [0.2, 0.25) is 0 Å². The predicted molar refractivity (Wildman–Crippen MR) is 93.5 cm³/mol. The summed E-state index contributed by atoms with van der Waals surface area (Å²) in [7, 11) is 1.17. The van der Waals surface area contributed by atoms with Gasteiger partial charge in [0.25, 0.3) is 5.69 Å². The van der Waals surface area contributed by atoms with E-state index >= 15 is 0 Å². The first-order valence-electron chi connectivity index (χ1n) is 8.14. The van der Waals surface area contributed by atoms with E-state index in [9.17, 15) is 24.9 Å². The van der Waals surface area contributed by atoms with Gasteiger partial charge < -0.3 is 9.47 Å². The molecule has 1 aromatic carbocycles. The highest BCUT2D eigenvalue weighted by atomic mass is 16.6. The number of ether oxygens (including phenoxy) is 2. The number of rotatable bonds is 5. The summed E-state index contributed by atoms with van der Waals surface area (Å²) >= 11 is 0. The maximum absolute atomic E-state index is 12.6. The largest absolute Gasteiger partial charge is 0.466 e. The molecule has 0 aliphatic carbocycles. The first-order valence-corrected chi connectivity index (χ1v) is 8.14. The molecule has 27 heavy (non-hydrogen) atoms. The van der Waals surface area contributed by atoms with E-state index in [2.05, 4.69) is 0 Å². The Morgan fingerprint density at radius 1 is 1.22 bits per heavy atom. The highest BCUT2D eigenvalue weighted by Crippen LogP contribution is 2.42. The molecule has 0 spiro atoms. The molecular weight excluding hydrogens is 356 g/mol. The molecule has 2 rings (SSSR count). The molecule has 1 aromatic rings. The number of nitro groups is 1. The van der Waals surface area contributed by atoms with Crippen LogP contribution in [0.1, 0.15) is 32.3 Å². The molecule has 1 heterocycles. The van der Waals surface area contributed by atoms with Crippen molar-refractivity contribution in [3.63, 3.8) is 0 Å². The number of hydrogen-bond acceptors (Lipinski definition) is 8. The summed E-state index contributed by atoms with van der Waals surface area (Å²) < 4.78 is 9.90. The van der Waals surface area contributed by atoms with Gasteiger partial charge in [-0.25, -0.2) is 14.7 Å². The number of non-ortho nitro benzene ring substituents is 1. The average Bonchev–Trinajstić information content (AvgIpc) is 2.65. The van der Waals surface area contributed by atoms with Gasteiger partial charge in [0.05, 0.1) is 47.1 Å². The Labute approximate surface area is 155 Å². The molecular formula is C18H20N2O7. The highest BCUT2D eigenvalue weighted by molar-refractivity contribution is 5.99. The molecule has 9 heteroatoms. The molecule has 9 nitrogen and oxygen atoms in total. The van der Waals surface area contributed by atoms with Crippen LogP contribution in [0.25, 0.3) is 0 Å². The zero-order chi connectivity index (χ0) is 20.3. The van der Waals surface area contributed by atoms with E-state index < -0.39 is 22.8 Å². The number of carbonyl (C=O) groups is 2. The topological polar surface area (TPSA) is 119 Å². The number of carbonyl (C=O) groups excluding carboxylic acids is 2. The SMILES string of the molecule is CCOC(=O)C1=C(C)N(O)C(C)=C(C(=O)OC)C1c1cccc([N+](=O)[O-])c1. The third-order valence-corrected chi connectivity index (χ3v) is 4.31. The molecule has 0 bridgehead atoms. The molecule has 0 saturated heterocycles. The second-order valence-electron chi connectivity index (χ2n) is 5.81. The number of allylic oxidation sites excluding steroid dienone is 2. The number of hydrogen-bond donors (Lipinski definition) is 1. The van der Waals surface area contributed by atoms with Crippen LogP contribution in [-0.2, 0) is 19.1 Å². The van der Waals surface area contributed by atoms with Gasteiger partial charge in [-0.15, -0.1) is 0 Å². The average molecular weight is 376 g/mol. The van der Waals surface area contributed by atoms with Crippen molar-refractivity contribution in [2.24, 2.45) is 0 Å². The van der Waals surface area contributed by atoms with Gasteiger partial charge in [0, 0.05) is 12.1 Å². The minimum atomic E-state index is -0.986. The Morgan fingerprint density at radius 2 is 1.81 bits per heavy atom. The number of hydroxylamine groups is 2. The summed E-state index contributed by atoms with van der Waals surface area (Å²) in [4.78, 5) is 35.6. The fourth-order valence-electron chi connectivity index (χ4n) is 3.04. The molecule has 0 saturated carbocycles. The van der Waals surface area contributed by atoms with Gasteiger partial charge in [-0.1, -0.05) is 12.1 Å². The minimum Gasteiger partial charge on any atom is -0.466 e. The molecule has 1 atom stereocenters. The van der Waals surface area contributed by atoms with Crippen LogP contribution < -0.4 is 0 Å². The molecule has 0 amide bonds. The van der Waals surface area contributed by atoms with Crippen molar-refractivity contribution in [3.8, 4) is 0 Å². The zero-order valence-electron chi connectivity index (χ0n) is 15.4. The summed E-state index contributed by atoms with van der Waals surface area (Å²) in [5, 5.41) is 22.2. The molecule has 0 fully saturated rings. The second-order valence-corrected chi connectivity index (χ2v) is 5.81. The summed E-state index contributed by atoms with van der Waals surface area (Å²) in [5.41, 5.74) is 0.458. The Kier molecular flexibility index (Phi) is 5.96. The quantitative estimate of drug-likeness (QED) is 0.473. The predicted octanol–water partition coefficient (Wildman–Crippen LogP) is 2.67. The lowest BCUT2D eigenvalue weighted by atomic mass is 9.80. The second kappa shape index (κ2) is 8.00. The van der Waals surface area contributed by atoms with E-state index in [1.54, 1.807) is 13.0 Å². The van der Waals surface area contributed by atoms with Crippen LogP contribution in [-0.4, -0.2) is 40.8 Å². The molecule has 144 valence electrons. The summed E-state index contributed by atoms with van der Waals surface area (Å²) in [5.74, 6) is -2.49. The summed E-state index contributed by atoms with van der Waals surface area (Å²) in [6.45, 7) is 4.69. The van der Waals surface area contributed by atoms with Crippen LogP contribution in [0.5, 0.6) is 0 Å². The minimum absolute atomic E-state index is 0.00541. The van der Waals surface area contributed by atoms with Crippen molar-refractivity contribution in [2.45, 2.75) is 26.7 Å². The molecule has 0 aromatic heterocycles. The molecule has 1 N–H and O–H groups in total. The van der Waals surface area contributed by atoms with Crippen LogP contribution in [0.4, 0.5) is 5.69 Å². The van der Waals surface area contributed by atoms with E-state index in [4.69, 9.17) is 9.47 Å². The number of benzene rings is 1. The van der Waals surface area contributed by atoms with Crippen molar-refractivity contribution in [1.29, 1.82) is 0 Å². The lowest BCUT2D eigenvalue weighted by Gasteiger charge is -2.33. The molecule has 1 unspecified atom stereocenters. The van der Waals surface area contributed by atoms with Crippen molar-refractivity contribution < 1.29 is 29.2 Å². The van der Waals surface area contributed by atoms with Crippen molar-refractivity contribution in [3.05, 3.63) is 62.5 Å². The number of esters is 2. The standard InChI is InChI=1S/C18H20N2O7/c1-5-27-18(22)15-11(3)19(23)10(2)14(17(21)26-4)16(15)12-7-6-8-13(9-12)20(24)25/h6-9,16,23H,5H2,1-4H3. The molecule has 1 aliphatic heterocycles. The third-order valence-electron chi connectivity index (χ3n) is 4.31. The van der Waals surface area contributed by atoms with Crippen LogP contribution >= 0.6 is 0 Å². The Bertz CT molecular complexity index is 857. The lowest BCUT2D eigenvalue weighted by molar-refractivity contribution is -0.384. The normalized spacial score (nSPS) is 17.1. The highest BCUT2D eigenvalue weighted by Gasteiger charge is 2.40. The van der Waals surface area contributed by atoms with Crippen molar-refractivity contribution >= 4 is 17.6 Å². The summed E-state index contributed by atoms with van der Waals surface area (Å²) in [6, 6.07) is 5.61. The van der Waals surface area contributed by atoms with Crippen LogP contribution in [0, 0.1) is 10.1 Å². The van der Waals surface area contributed by atoms with Gasteiger partial charge in [-0.05, 0) is 26.3 Å². The first-order chi connectivity index (χ1) is 12.7. The lowest BCUT2D eigenvalue weighted by Crippen LogP contribution is -2.33. The van der Waals surface area contributed by atoms with E-state index in [0.29, 0.717) is 10.6 Å². The Morgan fingerprint density at radius 3 is 2.33 bits per heavy atom. The Hall–Kier alpha value is -3.20.